The highest BCUT2D eigenvalue weighted by Crippen LogP contribution is 2.23. The molecule has 1 aromatic rings. The molecule has 7 nitrogen and oxygen atoms in total. The van der Waals surface area contributed by atoms with E-state index >= 15 is 0 Å². The standard InChI is InChI=1S/C12H13ClN2O5/c1-7(2)14-11(16)6-20-12(17)9-4-3-8(13)5-10(9)15(18)19/h3-5,7H,6H2,1-2H3,(H,14,16). The van der Waals surface area contributed by atoms with E-state index in [0.717, 1.165) is 6.07 Å². The Morgan fingerprint density at radius 3 is 2.65 bits per heavy atom. The first kappa shape index (κ1) is 15.9. The van der Waals surface area contributed by atoms with Crippen molar-refractivity contribution in [2.45, 2.75) is 19.9 Å². The van der Waals surface area contributed by atoms with Gasteiger partial charge in [-0.05, 0) is 26.0 Å². The van der Waals surface area contributed by atoms with E-state index in [9.17, 15) is 19.7 Å². The number of benzene rings is 1. The van der Waals surface area contributed by atoms with E-state index < -0.39 is 29.1 Å². The van der Waals surface area contributed by atoms with Gasteiger partial charge in [0.2, 0.25) is 0 Å². The molecule has 0 aliphatic heterocycles. The molecule has 108 valence electrons. The van der Waals surface area contributed by atoms with Crippen LogP contribution < -0.4 is 5.32 Å². The number of halogens is 1. The lowest BCUT2D eigenvalue weighted by atomic mass is 10.2. The number of esters is 1. The molecule has 0 atom stereocenters. The summed E-state index contributed by atoms with van der Waals surface area (Å²) in [4.78, 5) is 33.1. The number of hydrogen-bond acceptors (Lipinski definition) is 5. The van der Waals surface area contributed by atoms with Crippen LogP contribution in [0.2, 0.25) is 5.02 Å². The molecule has 0 heterocycles. The van der Waals surface area contributed by atoms with Gasteiger partial charge >= 0.3 is 5.97 Å². The van der Waals surface area contributed by atoms with E-state index in [1.54, 1.807) is 13.8 Å². The fourth-order valence-corrected chi connectivity index (χ4v) is 1.57. The molecule has 0 fully saturated rings. The summed E-state index contributed by atoms with van der Waals surface area (Å²) in [6, 6.07) is 3.47. The van der Waals surface area contributed by atoms with Crippen LogP contribution in [0.15, 0.2) is 18.2 Å². The van der Waals surface area contributed by atoms with Crippen LogP contribution in [0.1, 0.15) is 24.2 Å². The molecule has 0 bridgehead atoms. The first-order valence-corrected chi connectivity index (χ1v) is 6.09. The van der Waals surface area contributed by atoms with Gasteiger partial charge in [-0.15, -0.1) is 0 Å². The molecule has 20 heavy (non-hydrogen) atoms. The second-order valence-electron chi connectivity index (χ2n) is 4.22. The van der Waals surface area contributed by atoms with Gasteiger partial charge in [-0.2, -0.15) is 0 Å². The number of carbonyl (C=O) groups excluding carboxylic acids is 2. The van der Waals surface area contributed by atoms with Crippen LogP contribution in [0.25, 0.3) is 0 Å². The maximum atomic E-state index is 11.7. The molecule has 0 saturated carbocycles. The second-order valence-corrected chi connectivity index (χ2v) is 4.65. The molecule has 0 spiro atoms. The molecule has 0 saturated heterocycles. The van der Waals surface area contributed by atoms with Crippen molar-refractivity contribution < 1.29 is 19.2 Å². The number of carbonyl (C=O) groups is 2. The Morgan fingerprint density at radius 1 is 1.45 bits per heavy atom. The first-order valence-electron chi connectivity index (χ1n) is 5.71. The van der Waals surface area contributed by atoms with Crippen LogP contribution in [0.5, 0.6) is 0 Å². The van der Waals surface area contributed by atoms with Crippen LogP contribution in [-0.4, -0.2) is 29.4 Å². The summed E-state index contributed by atoms with van der Waals surface area (Å²) < 4.78 is 4.72. The quantitative estimate of drug-likeness (QED) is 0.509. The van der Waals surface area contributed by atoms with Crippen molar-refractivity contribution in [1.29, 1.82) is 0 Å². The average Bonchev–Trinajstić information content (AvgIpc) is 2.35. The van der Waals surface area contributed by atoms with Crippen molar-refractivity contribution in [3.05, 3.63) is 38.9 Å². The number of nitrogens with zero attached hydrogens (tertiary/aromatic N) is 1. The zero-order chi connectivity index (χ0) is 15.3. The number of nitro benzene ring substituents is 1. The Balaban J connectivity index is 2.78. The zero-order valence-corrected chi connectivity index (χ0v) is 11.6. The second kappa shape index (κ2) is 6.85. The number of nitrogens with one attached hydrogen (secondary N) is 1. The van der Waals surface area contributed by atoms with Crippen molar-refractivity contribution in [2.24, 2.45) is 0 Å². The van der Waals surface area contributed by atoms with E-state index in [-0.39, 0.29) is 16.6 Å². The summed E-state index contributed by atoms with van der Waals surface area (Å²) in [5.41, 5.74) is -0.719. The molecule has 1 N–H and O–H groups in total. The summed E-state index contributed by atoms with van der Waals surface area (Å²) >= 11 is 5.63. The minimum atomic E-state index is -0.952. The average molecular weight is 301 g/mol. The number of hydrogen-bond donors (Lipinski definition) is 1. The van der Waals surface area contributed by atoms with Gasteiger partial charge in [0.1, 0.15) is 5.56 Å². The summed E-state index contributed by atoms with van der Waals surface area (Å²) in [6.45, 7) is 3.00. The minimum Gasteiger partial charge on any atom is -0.452 e. The van der Waals surface area contributed by atoms with Crippen molar-refractivity contribution in [2.75, 3.05) is 6.61 Å². The van der Waals surface area contributed by atoms with Crippen molar-refractivity contribution in [3.63, 3.8) is 0 Å². The van der Waals surface area contributed by atoms with Crippen LogP contribution >= 0.6 is 11.6 Å². The smallest absolute Gasteiger partial charge is 0.345 e. The van der Waals surface area contributed by atoms with Gasteiger partial charge < -0.3 is 10.1 Å². The van der Waals surface area contributed by atoms with E-state index in [0.29, 0.717) is 0 Å². The Bertz CT molecular complexity index is 545. The summed E-state index contributed by atoms with van der Waals surface area (Å²) in [7, 11) is 0. The molecule has 1 amide bonds. The van der Waals surface area contributed by atoms with Crippen molar-refractivity contribution >= 4 is 29.2 Å². The minimum absolute atomic E-state index is 0.0916. The van der Waals surface area contributed by atoms with Gasteiger partial charge in [-0.25, -0.2) is 4.79 Å². The van der Waals surface area contributed by atoms with Gasteiger partial charge in [0.15, 0.2) is 6.61 Å². The number of ether oxygens (including phenoxy) is 1. The predicted octanol–water partition coefficient (Wildman–Crippen LogP) is 1.93. The van der Waals surface area contributed by atoms with Crippen LogP contribution in [0, 0.1) is 10.1 Å². The lowest BCUT2D eigenvalue weighted by Crippen LogP contribution is -2.34. The van der Waals surface area contributed by atoms with Gasteiger partial charge in [-0.1, -0.05) is 11.6 Å². The highest BCUT2D eigenvalue weighted by Gasteiger charge is 2.22. The lowest BCUT2D eigenvalue weighted by Gasteiger charge is -2.09. The molecule has 1 aromatic carbocycles. The number of amides is 1. The SMILES string of the molecule is CC(C)NC(=O)COC(=O)c1ccc(Cl)cc1[N+](=O)[O-]. The van der Waals surface area contributed by atoms with Crippen molar-refractivity contribution in [1.82, 2.24) is 5.32 Å². The summed E-state index contributed by atoms with van der Waals surface area (Å²) in [6.07, 6.45) is 0. The molecule has 0 aromatic heterocycles. The topological polar surface area (TPSA) is 98.5 Å². The number of rotatable bonds is 5. The van der Waals surface area contributed by atoms with Crippen LogP contribution in [0.4, 0.5) is 5.69 Å². The normalized spacial score (nSPS) is 10.2. The predicted molar refractivity (Wildman–Crippen MR) is 71.7 cm³/mol. The molecular weight excluding hydrogens is 288 g/mol. The largest absolute Gasteiger partial charge is 0.452 e. The van der Waals surface area contributed by atoms with E-state index in [2.05, 4.69) is 5.32 Å². The zero-order valence-electron chi connectivity index (χ0n) is 10.9. The van der Waals surface area contributed by atoms with Gasteiger partial charge in [-0.3, -0.25) is 14.9 Å². The van der Waals surface area contributed by atoms with Gasteiger partial charge in [0.05, 0.1) is 4.92 Å². The number of nitro groups is 1. The Morgan fingerprint density at radius 2 is 2.10 bits per heavy atom. The Kier molecular flexibility index (Phi) is 5.45. The lowest BCUT2D eigenvalue weighted by molar-refractivity contribution is -0.385. The van der Waals surface area contributed by atoms with Crippen molar-refractivity contribution in [3.8, 4) is 0 Å². The summed E-state index contributed by atoms with van der Waals surface area (Å²) in [5.74, 6) is -1.43. The highest BCUT2D eigenvalue weighted by molar-refractivity contribution is 6.31. The fraction of sp³-hybridized carbons (Fsp3) is 0.333. The third-order valence-electron chi connectivity index (χ3n) is 2.16. The van der Waals surface area contributed by atoms with Gasteiger partial charge in [0, 0.05) is 17.1 Å². The third-order valence-corrected chi connectivity index (χ3v) is 2.40. The fourth-order valence-electron chi connectivity index (χ4n) is 1.40. The Labute approximate surface area is 120 Å². The van der Waals surface area contributed by atoms with Crippen LogP contribution in [-0.2, 0) is 9.53 Å². The molecule has 0 radical (unpaired) electrons. The third kappa shape index (κ3) is 4.51. The van der Waals surface area contributed by atoms with E-state index in [1.165, 1.54) is 12.1 Å². The molecule has 0 aliphatic carbocycles. The summed E-state index contributed by atoms with van der Waals surface area (Å²) in [5, 5.41) is 13.5. The molecule has 8 heteroatoms. The molecule has 0 unspecified atom stereocenters. The molecular formula is C12H13ClN2O5. The molecule has 1 rings (SSSR count). The monoisotopic (exact) mass is 300 g/mol. The van der Waals surface area contributed by atoms with Crippen LogP contribution in [0.3, 0.4) is 0 Å². The first-order chi connectivity index (χ1) is 9.31. The van der Waals surface area contributed by atoms with E-state index in [1.807, 2.05) is 0 Å². The maximum absolute atomic E-state index is 11.7. The van der Waals surface area contributed by atoms with Gasteiger partial charge in [0.25, 0.3) is 11.6 Å². The Hall–Kier alpha value is -2.15. The maximum Gasteiger partial charge on any atom is 0.345 e. The highest BCUT2D eigenvalue weighted by atomic mass is 35.5. The molecule has 0 aliphatic rings. The van der Waals surface area contributed by atoms with E-state index in [4.69, 9.17) is 16.3 Å².